The van der Waals surface area contributed by atoms with Crippen molar-refractivity contribution in [2.75, 3.05) is 5.73 Å². The van der Waals surface area contributed by atoms with Crippen LogP contribution in [0.3, 0.4) is 0 Å². The van der Waals surface area contributed by atoms with Gasteiger partial charge in [-0.25, -0.2) is 13.2 Å². The summed E-state index contributed by atoms with van der Waals surface area (Å²) in [6.07, 6.45) is 0. The van der Waals surface area contributed by atoms with Crippen molar-refractivity contribution in [3.63, 3.8) is 0 Å². The summed E-state index contributed by atoms with van der Waals surface area (Å²) >= 11 is 1.25. The van der Waals surface area contributed by atoms with Crippen LogP contribution in [0.1, 0.15) is 0 Å². The third kappa shape index (κ3) is 1.82. The topological polar surface area (TPSA) is 51.8 Å². The van der Waals surface area contributed by atoms with Gasteiger partial charge in [0.15, 0.2) is 17.5 Å². The van der Waals surface area contributed by atoms with Gasteiger partial charge in [0.1, 0.15) is 11.5 Å². The first-order valence-corrected chi connectivity index (χ1v) is 6.10. The van der Waals surface area contributed by atoms with Crippen LogP contribution in [0, 0.1) is 17.5 Å². The van der Waals surface area contributed by atoms with Gasteiger partial charge in [-0.3, -0.25) is 0 Å². The standard InChI is InChI=1S/C12H6F3N3S/c13-5-3-7(9(15)8(14)4-5)10-11-6(1-2-19-11)12(16)18-17-10/h1-4H,(H2,16,18). The summed E-state index contributed by atoms with van der Waals surface area (Å²) in [5.74, 6) is -3.11. The highest BCUT2D eigenvalue weighted by Crippen LogP contribution is 2.34. The summed E-state index contributed by atoms with van der Waals surface area (Å²) < 4.78 is 40.8. The fourth-order valence-corrected chi connectivity index (χ4v) is 2.70. The first-order chi connectivity index (χ1) is 9.08. The van der Waals surface area contributed by atoms with Crippen LogP contribution >= 0.6 is 11.3 Å². The Morgan fingerprint density at radius 2 is 1.89 bits per heavy atom. The number of hydrogen-bond donors (Lipinski definition) is 1. The number of anilines is 1. The van der Waals surface area contributed by atoms with Crippen molar-refractivity contribution < 1.29 is 13.2 Å². The number of fused-ring (bicyclic) bond motifs is 1. The summed E-state index contributed by atoms with van der Waals surface area (Å²) in [5, 5.41) is 9.74. The van der Waals surface area contributed by atoms with Gasteiger partial charge in [0.25, 0.3) is 0 Å². The van der Waals surface area contributed by atoms with Gasteiger partial charge in [0.2, 0.25) is 0 Å². The Labute approximate surface area is 109 Å². The van der Waals surface area contributed by atoms with Crippen molar-refractivity contribution in [2.45, 2.75) is 0 Å². The number of benzene rings is 1. The molecule has 96 valence electrons. The molecule has 0 aliphatic carbocycles. The first kappa shape index (κ1) is 11.9. The van der Waals surface area contributed by atoms with Crippen LogP contribution in [0.5, 0.6) is 0 Å². The van der Waals surface area contributed by atoms with Gasteiger partial charge in [0.05, 0.1) is 4.70 Å². The number of rotatable bonds is 1. The van der Waals surface area contributed by atoms with E-state index in [1.54, 1.807) is 11.4 Å². The van der Waals surface area contributed by atoms with Gasteiger partial charge in [-0.2, -0.15) is 0 Å². The van der Waals surface area contributed by atoms with Gasteiger partial charge >= 0.3 is 0 Å². The number of thiophene rings is 1. The van der Waals surface area contributed by atoms with E-state index < -0.39 is 17.5 Å². The van der Waals surface area contributed by atoms with E-state index in [9.17, 15) is 13.2 Å². The molecule has 0 aliphatic heterocycles. The lowest BCUT2D eigenvalue weighted by Crippen LogP contribution is -1.99. The highest BCUT2D eigenvalue weighted by atomic mass is 32.1. The molecule has 2 heterocycles. The van der Waals surface area contributed by atoms with Crippen molar-refractivity contribution in [3.05, 3.63) is 41.0 Å². The lowest BCUT2D eigenvalue weighted by Gasteiger charge is -2.05. The van der Waals surface area contributed by atoms with Crippen LogP contribution in [0.2, 0.25) is 0 Å². The Balaban J connectivity index is 2.37. The van der Waals surface area contributed by atoms with Gasteiger partial charge in [-0.1, -0.05) is 0 Å². The molecule has 0 bridgehead atoms. The molecule has 19 heavy (non-hydrogen) atoms. The molecular weight excluding hydrogens is 275 g/mol. The number of nitrogen functional groups attached to an aromatic ring is 1. The molecule has 0 radical (unpaired) electrons. The Morgan fingerprint density at radius 3 is 2.68 bits per heavy atom. The minimum Gasteiger partial charge on any atom is -0.382 e. The van der Waals surface area contributed by atoms with E-state index in [1.807, 2.05) is 0 Å². The third-order valence-electron chi connectivity index (χ3n) is 2.66. The summed E-state index contributed by atoms with van der Waals surface area (Å²) in [7, 11) is 0. The smallest absolute Gasteiger partial charge is 0.168 e. The summed E-state index contributed by atoms with van der Waals surface area (Å²) in [6, 6.07) is 3.06. The highest BCUT2D eigenvalue weighted by molar-refractivity contribution is 7.17. The number of nitrogens with zero attached hydrogens (tertiary/aromatic N) is 2. The molecule has 7 heteroatoms. The maximum absolute atomic E-state index is 13.8. The molecule has 1 aromatic carbocycles. The average molecular weight is 281 g/mol. The summed E-state index contributed by atoms with van der Waals surface area (Å²) in [5.41, 5.74) is 5.45. The van der Waals surface area contributed by atoms with Crippen LogP contribution in [0.15, 0.2) is 23.6 Å². The van der Waals surface area contributed by atoms with E-state index >= 15 is 0 Å². The molecule has 2 N–H and O–H groups in total. The maximum atomic E-state index is 13.8. The molecule has 0 saturated carbocycles. The molecule has 3 aromatic rings. The van der Waals surface area contributed by atoms with E-state index in [-0.39, 0.29) is 17.1 Å². The lowest BCUT2D eigenvalue weighted by molar-refractivity contribution is 0.497. The predicted molar refractivity (Wildman–Crippen MR) is 67.1 cm³/mol. The van der Waals surface area contributed by atoms with E-state index in [2.05, 4.69) is 10.2 Å². The fraction of sp³-hybridized carbons (Fsp3) is 0. The normalized spacial score (nSPS) is 11.1. The van der Waals surface area contributed by atoms with Crippen LogP contribution in [0.25, 0.3) is 21.3 Å². The molecule has 0 amide bonds. The molecule has 0 aliphatic rings. The zero-order chi connectivity index (χ0) is 13.6. The molecule has 3 nitrogen and oxygen atoms in total. The second-order valence-corrected chi connectivity index (χ2v) is 4.76. The molecule has 3 rings (SSSR count). The Kier molecular flexibility index (Phi) is 2.63. The monoisotopic (exact) mass is 281 g/mol. The molecule has 0 unspecified atom stereocenters. The lowest BCUT2D eigenvalue weighted by atomic mass is 10.1. The second kappa shape index (κ2) is 4.20. The van der Waals surface area contributed by atoms with Gasteiger partial charge in [0, 0.05) is 17.0 Å². The van der Waals surface area contributed by atoms with Crippen molar-refractivity contribution >= 4 is 27.2 Å². The van der Waals surface area contributed by atoms with Crippen molar-refractivity contribution in [1.29, 1.82) is 0 Å². The Hall–Kier alpha value is -2.15. The first-order valence-electron chi connectivity index (χ1n) is 5.22. The van der Waals surface area contributed by atoms with Crippen LogP contribution in [-0.2, 0) is 0 Å². The van der Waals surface area contributed by atoms with E-state index in [4.69, 9.17) is 5.73 Å². The zero-order valence-electron chi connectivity index (χ0n) is 9.32. The predicted octanol–water partition coefficient (Wildman–Crippen LogP) is 3.36. The average Bonchev–Trinajstić information content (AvgIpc) is 2.85. The van der Waals surface area contributed by atoms with Crippen LogP contribution in [-0.4, -0.2) is 10.2 Å². The van der Waals surface area contributed by atoms with Gasteiger partial charge in [-0.15, -0.1) is 21.5 Å². The molecule has 0 saturated heterocycles. The van der Waals surface area contributed by atoms with Crippen molar-refractivity contribution in [2.24, 2.45) is 0 Å². The Bertz CT molecular complexity index is 785. The third-order valence-corrected chi connectivity index (χ3v) is 3.58. The minimum atomic E-state index is -1.27. The van der Waals surface area contributed by atoms with Crippen LogP contribution in [0.4, 0.5) is 19.0 Å². The van der Waals surface area contributed by atoms with Gasteiger partial charge in [-0.05, 0) is 17.5 Å². The van der Waals surface area contributed by atoms with Gasteiger partial charge < -0.3 is 5.73 Å². The summed E-state index contributed by atoms with van der Waals surface area (Å²) in [6.45, 7) is 0. The second-order valence-electron chi connectivity index (χ2n) is 3.85. The Morgan fingerprint density at radius 1 is 1.11 bits per heavy atom. The molecule has 2 aromatic heterocycles. The highest BCUT2D eigenvalue weighted by Gasteiger charge is 2.18. The largest absolute Gasteiger partial charge is 0.382 e. The minimum absolute atomic E-state index is 0.0788. The molecule has 0 spiro atoms. The van der Waals surface area contributed by atoms with E-state index in [1.165, 1.54) is 11.3 Å². The number of aromatic nitrogens is 2. The van der Waals surface area contributed by atoms with Crippen molar-refractivity contribution in [1.82, 2.24) is 10.2 Å². The van der Waals surface area contributed by atoms with Crippen LogP contribution < -0.4 is 5.73 Å². The zero-order valence-corrected chi connectivity index (χ0v) is 10.1. The number of hydrogen-bond acceptors (Lipinski definition) is 4. The number of nitrogens with two attached hydrogens (primary N) is 1. The quantitative estimate of drug-likeness (QED) is 0.696. The SMILES string of the molecule is Nc1nnc(-c2cc(F)cc(F)c2F)c2sccc12. The van der Waals surface area contributed by atoms with E-state index in [0.29, 0.717) is 16.2 Å². The molecule has 0 fully saturated rings. The van der Waals surface area contributed by atoms with Crippen molar-refractivity contribution in [3.8, 4) is 11.3 Å². The van der Waals surface area contributed by atoms with E-state index in [0.717, 1.165) is 6.07 Å². The molecule has 0 atom stereocenters. The number of halogens is 3. The summed E-state index contributed by atoms with van der Waals surface area (Å²) in [4.78, 5) is 0. The maximum Gasteiger partial charge on any atom is 0.168 e. The molecular formula is C12H6F3N3S. The fourth-order valence-electron chi connectivity index (χ4n) is 1.80.